The molecule has 0 radical (unpaired) electrons. The van der Waals surface area contributed by atoms with Gasteiger partial charge in [-0.05, 0) is 13.0 Å². The van der Waals surface area contributed by atoms with Gasteiger partial charge in [-0.25, -0.2) is 0 Å². The van der Waals surface area contributed by atoms with Gasteiger partial charge in [-0.15, -0.1) is 0 Å². The summed E-state index contributed by atoms with van der Waals surface area (Å²) < 4.78 is 5.23. The Morgan fingerprint density at radius 3 is 2.92 bits per heavy atom. The second kappa shape index (κ2) is 2.38. The first-order chi connectivity index (χ1) is 5.73. The predicted molar refractivity (Wildman–Crippen MR) is 42.5 cm³/mol. The van der Waals surface area contributed by atoms with Gasteiger partial charge < -0.3 is 4.74 Å². The van der Waals surface area contributed by atoms with Crippen LogP contribution in [0.1, 0.15) is 12.5 Å². The number of carbonyl (C=O) groups excluding carboxylic acids is 1. The van der Waals surface area contributed by atoms with E-state index in [1.165, 1.54) is 0 Å². The van der Waals surface area contributed by atoms with Gasteiger partial charge in [0.15, 0.2) is 11.4 Å². The Labute approximate surface area is 70.4 Å². The number of pyridine rings is 1. The third-order valence-corrected chi connectivity index (χ3v) is 2.24. The van der Waals surface area contributed by atoms with Gasteiger partial charge in [-0.3, -0.25) is 9.78 Å². The molecule has 0 amide bonds. The van der Waals surface area contributed by atoms with Crippen LogP contribution in [0.25, 0.3) is 0 Å². The summed E-state index contributed by atoms with van der Waals surface area (Å²) in [6.45, 7) is 2.00. The molecule has 0 spiro atoms. The molecule has 1 aromatic heterocycles. The van der Waals surface area contributed by atoms with Gasteiger partial charge in [-0.2, -0.15) is 0 Å². The van der Waals surface area contributed by atoms with Crippen molar-refractivity contribution in [2.45, 2.75) is 12.5 Å². The van der Waals surface area contributed by atoms with Crippen LogP contribution in [-0.4, -0.2) is 17.4 Å². The molecule has 12 heavy (non-hydrogen) atoms. The third-order valence-electron chi connectivity index (χ3n) is 2.24. The monoisotopic (exact) mass is 163 g/mol. The standard InChI is InChI=1S/C9H9NO2/c1-9(8(11)6-12-9)7-3-2-4-10-5-7/h2-5H,6H2,1H3. The molecule has 3 heteroatoms. The number of carbonyl (C=O) groups is 1. The van der Waals surface area contributed by atoms with Crippen molar-refractivity contribution in [3.05, 3.63) is 30.1 Å². The molecule has 1 unspecified atom stereocenters. The Bertz CT molecular complexity index is 310. The van der Waals surface area contributed by atoms with Crippen LogP contribution < -0.4 is 0 Å². The lowest BCUT2D eigenvalue weighted by Crippen LogP contribution is -2.49. The van der Waals surface area contributed by atoms with E-state index in [-0.39, 0.29) is 12.4 Å². The minimum atomic E-state index is -0.728. The second-order valence-corrected chi connectivity index (χ2v) is 2.99. The van der Waals surface area contributed by atoms with Gasteiger partial charge in [0.05, 0.1) is 0 Å². The maximum absolute atomic E-state index is 11.2. The van der Waals surface area contributed by atoms with Crippen LogP contribution in [0.2, 0.25) is 0 Å². The maximum atomic E-state index is 11.2. The van der Waals surface area contributed by atoms with Gasteiger partial charge in [0.1, 0.15) is 6.61 Å². The van der Waals surface area contributed by atoms with Crippen molar-refractivity contribution in [2.24, 2.45) is 0 Å². The van der Waals surface area contributed by atoms with E-state index in [1.807, 2.05) is 6.07 Å². The van der Waals surface area contributed by atoms with Crippen LogP contribution in [0.3, 0.4) is 0 Å². The molecule has 0 aromatic carbocycles. The van der Waals surface area contributed by atoms with E-state index < -0.39 is 5.60 Å². The summed E-state index contributed by atoms with van der Waals surface area (Å²) in [4.78, 5) is 15.1. The molecule has 0 N–H and O–H groups in total. The lowest BCUT2D eigenvalue weighted by atomic mass is 9.88. The quantitative estimate of drug-likeness (QED) is 0.617. The van der Waals surface area contributed by atoms with Crippen molar-refractivity contribution in [1.82, 2.24) is 4.98 Å². The minimum absolute atomic E-state index is 0.121. The second-order valence-electron chi connectivity index (χ2n) is 2.99. The molecule has 1 aromatic rings. The van der Waals surface area contributed by atoms with Gasteiger partial charge in [0.25, 0.3) is 0 Å². The zero-order chi connectivity index (χ0) is 8.60. The molecule has 1 aliphatic rings. The largest absolute Gasteiger partial charge is 0.355 e. The molecule has 0 aliphatic carbocycles. The van der Waals surface area contributed by atoms with Crippen LogP contribution >= 0.6 is 0 Å². The highest BCUT2D eigenvalue weighted by Gasteiger charge is 2.44. The first-order valence-electron chi connectivity index (χ1n) is 3.81. The van der Waals surface area contributed by atoms with E-state index >= 15 is 0 Å². The zero-order valence-electron chi connectivity index (χ0n) is 6.78. The van der Waals surface area contributed by atoms with E-state index in [4.69, 9.17) is 4.74 Å². The van der Waals surface area contributed by atoms with E-state index in [0.717, 1.165) is 5.56 Å². The normalized spacial score (nSPS) is 28.2. The molecule has 2 rings (SSSR count). The molecule has 3 nitrogen and oxygen atoms in total. The van der Waals surface area contributed by atoms with Gasteiger partial charge in [-0.1, -0.05) is 6.07 Å². The number of rotatable bonds is 1. The Hall–Kier alpha value is -1.22. The summed E-state index contributed by atoms with van der Waals surface area (Å²) in [5, 5.41) is 0. The zero-order valence-corrected chi connectivity index (χ0v) is 6.78. The highest BCUT2D eigenvalue weighted by atomic mass is 16.5. The summed E-state index contributed by atoms with van der Waals surface area (Å²) in [5.74, 6) is 0.121. The molecule has 1 saturated heterocycles. The van der Waals surface area contributed by atoms with Crippen molar-refractivity contribution in [3.8, 4) is 0 Å². The smallest absolute Gasteiger partial charge is 0.194 e. The minimum Gasteiger partial charge on any atom is -0.355 e. The molecule has 0 saturated carbocycles. The number of aromatic nitrogens is 1. The van der Waals surface area contributed by atoms with Crippen LogP contribution in [0, 0.1) is 0 Å². The number of nitrogens with zero attached hydrogens (tertiary/aromatic N) is 1. The molecule has 0 bridgehead atoms. The molecule has 2 heterocycles. The summed E-state index contributed by atoms with van der Waals surface area (Å²) in [5.41, 5.74) is 0.107. The fourth-order valence-corrected chi connectivity index (χ4v) is 1.24. The molecule has 1 atom stereocenters. The summed E-state index contributed by atoms with van der Waals surface area (Å²) in [6, 6.07) is 3.65. The number of hydrogen-bond acceptors (Lipinski definition) is 3. The van der Waals surface area contributed by atoms with Crippen molar-refractivity contribution >= 4 is 5.78 Å². The van der Waals surface area contributed by atoms with Crippen LogP contribution in [0.4, 0.5) is 0 Å². The number of ketones is 1. The molecular formula is C9H9NO2. The average Bonchev–Trinajstić information content (AvgIpc) is 2.16. The maximum Gasteiger partial charge on any atom is 0.194 e. The third kappa shape index (κ3) is 0.865. The van der Waals surface area contributed by atoms with Gasteiger partial charge >= 0.3 is 0 Å². The topological polar surface area (TPSA) is 39.2 Å². The first kappa shape index (κ1) is 7.43. The molecular weight excluding hydrogens is 154 g/mol. The van der Waals surface area contributed by atoms with Crippen LogP contribution in [0.5, 0.6) is 0 Å². The lowest BCUT2D eigenvalue weighted by molar-refractivity contribution is -0.177. The summed E-state index contributed by atoms with van der Waals surface area (Å²) in [7, 11) is 0. The highest BCUT2D eigenvalue weighted by Crippen LogP contribution is 2.32. The van der Waals surface area contributed by atoms with Crippen molar-refractivity contribution < 1.29 is 9.53 Å². The van der Waals surface area contributed by atoms with Crippen LogP contribution in [0.15, 0.2) is 24.5 Å². The van der Waals surface area contributed by atoms with Gasteiger partial charge in [0, 0.05) is 18.0 Å². The average molecular weight is 163 g/mol. The van der Waals surface area contributed by atoms with E-state index in [9.17, 15) is 4.79 Å². The van der Waals surface area contributed by atoms with Crippen molar-refractivity contribution in [3.63, 3.8) is 0 Å². The highest BCUT2D eigenvalue weighted by molar-refractivity contribution is 5.93. The van der Waals surface area contributed by atoms with E-state index in [1.54, 1.807) is 25.4 Å². The number of hydrogen-bond donors (Lipinski definition) is 0. The van der Waals surface area contributed by atoms with Crippen LogP contribution in [-0.2, 0) is 15.1 Å². The number of Topliss-reactive ketones (excluding diaryl/α,β-unsaturated/α-hetero) is 1. The van der Waals surface area contributed by atoms with E-state index in [0.29, 0.717) is 0 Å². The Morgan fingerprint density at radius 2 is 2.50 bits per heavy atom. The predicted octanol–water partition coefficient (Wildman–Crippen LogP) is 0.896. The molecule has 1 aliphatic heterocycles. The van der Waals surface area contributed by atoms with Crippen molar-refractivity contribution in [1.29, 1.82) is 0 Å². The van der Waals surface area contributed by atoms with Gasteiger partial charge in [0.2, 0.25) is 0 Å². The first-order valence-corrected chi connectivity index (χ1v) is 3.81. The fraction of sp³-hybridized carbons (Fsp3) is 0.333. The van der Waals surface area contributed by atoms with E-state index in [2.05, 4.69) is 4.98 Å². The fourth-order valence-electron chi connectivity index (χ4n) is 1.24. The summed E-state index contributed by atoms with van der Waals surface area (Å²) >= 11 is 0. The summed E-state index contributed by atoms with van der Waals surface area (Å²) in [6.07, 6.45) is 3.34. The molecule has 1 fully saturated rings. The Morgan fingerprint density at radius 1 is 1.67 bits per heavy atom. The molecule has 62 valence electrons. The lowest BCUT2D eigenvalue weighted by Gasteiger charge is -2.36. The SMILES string of the molecule is CC1(c2cccnc2)OCC1=O. The van der Waals surface area contributed by atoms with Crippen molar-refractivity contribution in [2.75, 3.05) is 6.61 Å². The Kier molecular flexibility index (Phi) is 1.48. The Balaban J connectivity index is 2.37. The number of ether oxygens (including phenoxy) is 1.